The van der Waals surface area contributed by atoms with Crippen LogP contribution in [0.4, 0.5) is 5.13 Å². The Bertz CT molecular complexity index is 1320. The minimum absolute atomic E-state index is 0.174. The van der Waals surface area contributed by atoms with Gasteiger partial charge in [0.1, 0.15) is 10.3 Å². The van der Waals surface area contributed by atoms with Gasteiger partial charge >= 0.3 is 0 Å². The highest BCUT2D eigenvalue weighted by atomic mass is 35.5. The molecule has 3 aromatic rings. The molecule has 35 heavy (non-hydrogen) atoms. The Balaban J connectivity index is 1.70. The molecule has 11 heteroatoms. The summed E-state index contributed by atoms with van der Waals surface area (Å²) in [6.07, 6.45) is 2.77. The molecule has 1 aromatic carbocycles. The highest BCUT2D eigenvalue weighted by Gasteiger charge is 2.41. The number of anilines is 1. The van der Waals surface area contributed by atoms with Crippen LogP contribution in [-0.4, -0.2) is 68.3 Å². The summed E-state index contributed by atoms with van der Waals surface area (Å²) in [4.78, 5) is 22.7. The Morgan fingerprint density at radius 2 is 1.94 bits per heavy atom. The predicted octanol–water partition coefficient (Wildman–Crippen LogP) is 5.16. The molecular formula is C24H31ClN4O3S3. The molecule has 1 unspecified atom stereocenters. The maximum absolute atomic E-state index is 14.0. The highest BCUT2D eigenvalue weighted by molar-refractivity contribution is 7.91. The number of rotatable bonds is 8. The SMILES string of the molecule is Cc1cc(C)c2sc(N(CCCN(C)C)C(=O)C3CCCCN3S(=O)(=O)c3ccc(Cl)s3)nc2c1. The van der Waals surface area contributed by atoms with E-state index < -0.39 is 16.1 Å². The third-order valence-corrected chi connectivity index (χ3v) is 11.0. The molecule has 0 N–H and O–H groups in total. The quantitative estimate of drug-likeness (QED) is 0.385. The number of piperidine rings is 1. The summed E-state index contributed by atoms with van der Waals surface area (Å²) in [6, 6.07) is 6.49. The van der Waals surface area contributed by atoms with E-state index in [1.165, 1.54) is 21.7 Å². The summed E-state index contributed by atoms with van der Waals surface area (Å²) in [5.74, 6) is -0.205. The minimum atomic E-state index is -3.83. The minimum Gasteiger partial charge on any atom is -0.309 e. The van der Waals surface area contributed by atoms with Crippen molar-refractivity contribution in [2.45, 2.75) is 49.8 Å². The van der Waals surface area contributed by atoms with Crippen LogP contribution >= 0.6 is 34.3 Å². The van der Waals surface area contributed by atoms with Gasteiger partial charge in [-0.15, -0.1) is 11.3 Å². The number of fused-ring (bicyclic) bond motifs is 1. The third-order valence-electron chi connectivity index (χ3n) is 6.14. The molecule has 0 saturated carbocycles. The van der Waals surface area contributed by atoms with Crippen LogP contribution in [0.25, 0.3) is 10.2 Å². The molecule has 1 aliphatic rings. The lowest BCUT2D eigenvalue weighted by Crippen LogP contribution is -2.53. The zero-order valence-electron chi connectivity index (χ0n) is 20.5. The highest BCUT2D eigenvalue weighted by Crippen LogP contribution is 2.35. The first kappa shape index (κ1) is 26.5. The second kappa shape index (κ2) is 10.8. The molecule has 1 fully saturated rings. The first-order chi connectivity index (χ1) is 16.6. The summed E-state index contributed by atoms with van der Waals surface area (Å²) >= 11 is 8.55. The van der Waals surface area contributed by atoms with Gasteiger partial charge in [-0.2, -0.15) is 4.31 Å². The second-order valence-electron chi connectivity index (χ2n) is 9.26. The van der Waals surface area contributed by atoms with E-state index in [0.717, 1.165) is 58.5 Å². The topological polar surface area (TPSA) is 73.8 Å². The van der Waals surface area contributed by atoms with Gasteiger partial charge in [-0.25, -0.2) is 13.4 Å². The summed E-state index contributed by atoms with van der Waals surface area (Å²) in [5, 5.41) is 0.625. The second-order valence-corrected chi connectivity index (χ2v) is 14.1. The molecule has 0 spiro atoms. The molecule has 0 radical (unpaired) electrons. The number of amides is 1. The zero-order chi connectivity index (χ0) is 25.3. The van der Waals surface area contributed by atoms with Crippen molar-refractivity contribution in [3.05, 3.63) is 39.7 Å². The number of benzene rings is 1. The zero-order valence-corrected chi connectivity index (χ0v) is 23.7. The first-order valence-corrected chi connectivity index (χ1v) is 15.1. The molecule has 1 aliphatic heterocycles. The number of carbonyl (C=O) groups is 1. The monoisotopic (exact) mass is 554 g/mol. The molecule has 1 atom stereocenters. The number of nitrogens with zero attached hydrogens (tertiary/aromatic N) is 4. The van der Waals surface area contributed by atoms with Crippen molar-refractivity contribution >= 4 is 65.6 Å². The number of thiophene rings is 1. The van der Waals surface area contributed by atoms with Crippen LogP contribution in [0.15, 0.2) is 28.5 Å². The Kier molecular flexibility index (Phi) is 8.19. The number of sulfonamides is 1. The van der Waals surface area contributed by atoms with Crippen LogP contribution in [0.5, 0.6) is 0 Å². The maximum atomic E-state index is 14.0. The Labute approximate surface area is 220 Å². The number of aromatic nitrogens is 1. The van der Waals surface area contributed by atoms with Crippen molar-refractivity contribution in [3.63, 3.8) is 0 Å². The molecule has 0 bridgehead atoms. The molecule has 4 rings (SSSR count). The summed E-state index contributed by atoms with van der Waals surface area (Å²) < 4.78 is 30.0. The van der Waals surface area contributed by atoms with Crippen molar-refractivity contribution in [1.29, 1.82) is 0 Å². The molecule has 190 valence electrons. The van der Waals surface area contributed by atoms with Gasteiger partial charge in [0.05, 0.1) is 14.6 Å². The fraction of sp³-hybridized carbons (Fsp3) is 0.500. The lowest BCUT2D eigenvalue weighted by molar-refractivity contribution is -0.123. The van der Waals surface area contributed by atoms with Crippen LogP contribution in [-0.2, 0) is 14.8 Å². The Morgan fingerprint density at radius 1 is 1.17 bits per heavy atom. The molecule has 7 nitrogen and oxygen atoms in total. The van der Waals surface area contributed by atoms with Gasteiger partial charge in [-0.05, 0) is 83.1 Å². The van der Waals surface area contributed by atoms with Crippen LogP contribution in [0.2, 0.25) is 4.34 Å². The number of hydrogen-bond donors (Lipinski definition) is 0. The van der Waals surface area contributed by atoms with Gasteiger partial charge in [0.25, 0.3) is 10.0 Å². The molecule has 0 aliphatic carbocycles. The fourth-order valence-corrected chi connectivity index (χ4v) is 8.81. The van der Waals surface area contributed by atoms with E-state index in [4.69, 9.17) is 16.6 Å². The van der Waals surface area contributed by atoms with Crippen LogP contribution in [0, 0.1) is 13.8 Å². The van der Waals surface area contributed by atoms with Crippen molar-refractivity contribution < 1.29 is 13.2 Å². The van der Waals surface area contributed by atoms with E-state index in [9.17, 15) is 13.2 Å². The summed E-state index contributed by atoms with van der Waals surface area (Å²) in [5.41, 5.74) is 3.12. The Hall–Kier alpha value is -1.56. The van der Waals surface area contributed by atoms with E-state index in [2.05, 4.69) is 17.9 Å². The van der Waals surface area contributed by atoms with Crippen molar-refractivity contribution in [3.8, 4) is 0 Å². The van der Waals surface area contributed by atoms with E-state index >= 15 is 0 Å². The summed E-state index contributed by atoms with van der Waals surface area (Å²) in [6.45, 7) is 5.69. The van der Waals surface area contributed by atoms with Crippen LogP contribution in [0.1, 0.15) is 36.8 Å². The third kappa shape index (κ3) is 5.73. The van der Waals surface area contributed by atoms with E-state index in [-0.39, 0.29) is 10.1 Å². The van der Waals surface area contributed by atoms with Gasteiger partial charge < -0.3 is 4.90 Å². The van der Waals surface area contributed by atoms with Gasteiger partial charge in [0.2, 0.25) is 5.91 Å². The van der Waals surface area contributed by atoms with Crippen LogP contribution < -0.4 is 4.90 Å². The molecule has 1 saturated heterocycles. The van der Waals surface area contributed by atoms with Crippen molar-refractivity contribution in [1.82, 2.24) is 14.2 Å². The lowest BCUT2D eigenvalue weighted by atomic mass is 10.0. The largest absolute Gasteiger partial charge is 0.309 e. The number of thiazole rings is 1. The van der Waals surface area contributed by atoms with E-state index in [1.54, 1.807) is 11.0 Å². The smallest absolute Gasteiger partial charge is 0.253 e. The van der Waals surface area contributed by atoms with Gasteiger partial charge in [0, 0.05) is 13.1 Å². The van der Waals surface area contributed by atoms with Crippen LogP contribution in [0.3, 0.4) is 0 Å². The van der Waals surface area contributed by atoms with E-state index in [0.29, 0.717) is 29.0 Å². The number of hydrogen-bond acceptors (Lipinski definition) is 7. The molecule has 3 heterocycles. The normalized spacial score (nSPS) is 17.4. The average Bonchev–Trinajstić information content (AvgIpc) is 3.43. The fourth-order valence-electron chi connectivity index (χ4n) is 4.50. The first-order valence-electron chi connectivity index (χ1n) is 11.7. The van der Waals surface area contributed by atoms with Crippen molar-refractivity contribution in [2.75, 3.05) is 38.6 Å². The lowest BCUT2D eigenvalue weighted by Gasteiger charge is -2.36. The van der Waals surface area contributed by atoms with Gasteiger partial charge in [0.15, 0.2) is 5.13 Å². The number of halogens is 1. The Morgan fingerprint density at radius 3 is 2.63 bits per heavy atom. The summed E-state index contributed by atoms with van der Waals surface area (Å²) in [7, 11) is 0.168. The molecular weight excluding hydrogens is 524 g/mol. The van der Waals surface area contributed by atoms with E-state index in [1.807, 2.05) is 27.1 Å². The predicted molar refractivity (Wildman–Crippen MR) is 145 cm³/mol. The number of carbonyl (C=O) groups excluding carboxylic acids is 1. The molecule has 1 amide bonds. The average molecular weight is 555 g/mol. The number of aryl methyl sites for hydroxylation is 2. The standard InChI is InChI=1S/C24H31ClN4O3S3/c1-16-14-17(2)22-18(15-16)26-24(34-22)28(12-7-11-27(3)4)23(30)19-8-5-6-13-29(19)35(31,32)21-10-9-20(25)33-21/h9-10,14-15,19H,5-8,11-13H2,1-4H3. The van der Waals surface area contributed by atoms with Gasteiger partial charge in [-0.3, -0.25) is 9.69 Å². The van der Waals surface area contributed by atoms with Crippen molar-refractivity contribution in [2.24, 2.45) is 0 Å². The molecule has 2 aromatic heterocycles. The maximum Gasteiger partial charge on any atom is 0.253 e. The van der Waals surface area contributed by atoms with Gasteiger partial charge in [-0.1, -0.05) is 35.4 Å².